The molecule has 2 fully saturated rings. The van der Waals surface area contributed by atoms with Gasteiger partial charge in [-0.1, -0.05) is 6.07 Å². The van der Waals surface area contributed by atoms with Crippen LogP contribution in [-0.2, 0) is 20.7 Å². The summed E-state index contributed by atoms with van der Waals surface area (Å²) >= 11 is 1.77. The zero-order valence-corrected chi connectivity index (χ0v) is 14.9. The Balaban J connectivity index is 1.45. The van der Waals surface area contributed by atoms with E-state index >= 15 is 0 Å². The Kier molecular flexibility index (Phi) is 6.26. The lowest BCUT2D eigenvalue weighted by Crippen LogP contribution is -2.51. The van der Waals surface area contributed by atoms with Crippen molar-refractivity contribution in [2.45, 2.75) is 44.6 Å². The van der Waals surface area contributed by atoms with Crippen LogP contribution in [0.15, 0.2) is 17.5 Å². The third-order valence-electron chi connectivity index (χ3n) is 4.82. The molecule has 132 valence electrons. The van der Waals surface area contributed by atoms with E-state index in [0.717, 1.165) is 38.6 Å². The van der Waals surface area contributed by atoms with Gasteiger partial charge in [0.2, 0.25) is 11.8 Å². The van der Waals surface area contributed by atoms with Crippen molar-refractivity contribution in [3.8, 4) is 0 Å². The average Bonchev–Trinajstić information content (AvgIpc) is 3.30. The third kappa shape index (κ3) is 4.36. The van der Waals surface area contributed by atoms with Crippen molar-refractivity contribution in [2.24, 2.45) is 0 Å². The van der Waals surface area contributed by atoms with Crippen molar-refractivity contribution in [3.05, 3.63) is 22.4 Å². The highest BCUT2D eigenvalue weighted by molar-refractivity contribution is 7.09. The van der Waals surface area contributed by atoms with Crippen molar-refractivity contribution in [2.75, 3.05) is 32.8 Å². The number of hydrogen-bond donors (Lipinski definition) is 0. The summed E-state index contributed by atoms with van der Waals surface area (Å²) in [6, 6.07) is 3.97. The third-order valence-corrected chi connectivity index (χ3v) is 5.76. The number of likely N-dealkylation sites (tertiary alicyclic amines) is 1. The molecule has 0 radical (unpaired) electrons. The summed E-state index contributed by atoms with van der Waals surface area (Å²) in [5.74, 6) is 0.257. The van der Waals surface area contributed by atoms with Crippen LogP contribution in [0.5, 0.6) is 0 Å². The highest BCUT2D eigenvalue weighted by Crippen LogP contribution is 2.22. The summed E-state index contributed by atoms with van der Waals surface area (Å²) in [6.45, 7) is 3.24. The van der Waals surface area contributed by atoms with Gasteiger partial charge in [0, 0.05) is 30.9 Å². The summed E-state index contributed by atoms with van der Waals surface area (Å²) in [6.07, 6.45) is 5.26. The van der Waals surface area contributed by atoms with Crippen LogP contribution < -0.4 is 0 Å². The Labute approximate surface area is 147 Å². The highest BCUT2D eigenvalue weighted by Gasteiger charge is 2.36. The van der Waals surface area contributed by atoms with Crippen LogP contribution in [0.4, 0.5) is 0 Å². The average molecular weight is 350 g/mol. The summed E-state index contributed by atoms with van der Waals surface area (Å²) in [5.41, 5.74) is 0. The van der Waals surface area contributed by atoms with Crippen LogP contribution in [0.1, 0.15) is 37.0 Å². The fourth-order valence-electron chi connectivity index (χ4n) is 3.49. The normalized spacial score (nSPS) is 21.2. The van der Waals surface area contributed by atoms with E-state index in [2.05, 4.69) is 17.5 Å². The van der Waals surface area contributed by atoms with Crippen LogP contribution in [0.3, 0.4) is 0 Å². The lowest BCUT2D eigenvalue weighted by Gasteiger charge is -2.32. The summed E-state index contributed by atoms with van der Waals surface area (Å²) in [4.78, 5) is 30.3. The summed E-state index contributed by atoms with van der Waals surface area (Å²) < 4.78 is 5.31. The molecule has 0 aliphatic carbocycles. The van der Waals surface area contributed by atoms with E-state index < -0.39 is 0 Å². The first-order chi connectivity index (χ1) is 11.8. The molecule has 1 atom stereocenters. The highest BCUT2D eigenvalue weighted by atomic mass is 32.1. The number of ether oxygens (including phenoxy) is 1. The number of aryl methyl sites for hydroxylation is 1. The van der Waals surface area contributed by atoms with Crippen LogP contribution in [0.25, 0.3) is 0 Å². The molecule has 1 aromatic rings. The number of amides is 2. The zero-order chi connectivity index (χ0) is 16.8. The van der Waals surface area contributed by atoms with E-state index in [-0.39, 0.29) is 17.9 Å². The molecule has 3 rings (SSSR count). The lowest BCUT2D eigenvalue weighted by atomic mass is 10.1. The van der Waals surface area contributed by atoms with Gasteiger partial charge in [0.05, 0.1) is 13.2 Å². The molecule has 24 heavy (non-hydrogen) atoms. The molecule has 0 aromatic carbocycles. The maximum absolute atomic E-state index is 12.7. The quantitative estimate of drug-likeness (QED) is 0.740. The summed E-state index contributed by atoms with van der Waals surface area (Å²) in [5, 5.41) is 2.09. The van der Waals surface area contributed by atoms with Crippen LogP contribution >= 0.6 is 11.3 Å². The van der Waals surface area contributed by atoms with Gasteiger partial charge in [-0.2, -0.15) is 0 Å². The standard InChI is InChI=1S/C18H26N2O3S/c21-17(8-2-1-5-15-6-4-14-24-15)20-9-3-7-16(20)18(22)19-10-12-23-13-11-19/h4,6,14,16H,1-3,5,7-13H2/t16-/m0/s1. The van der Waals surface area contributed by atoms with Crippen molar-refractivity contribution < 1.29 is 14.3 Å². The number of hydrogen-bond acceptors (Lipinski definition) is 4. The molecule has 2 aliphatic rings. The SMILES string of the molecule is O=C([C@@H]1CCCN1C(=O)CCCCc1cccs1)N1CCOCC1. The molecular formula is C18H26N2O3S. The Morgan fingerprint density at radius 1 is 1.21 bits per heavy atom. The molecular weight excluding hydrogens is 324 g/mol. The molecule has 3 heterocycles. The largest absolute Gasteiger partial charge is 0.378 e. The van der Waals surface area contributed by atoms with E-state index in [4.69, 9.17) is 4.74 Å². The number of carbonyl (C=O) groups excluding carboxylic acids is 2. The molecule has 0 spiro atoms. The van der Waals surface area contributed by atoms with Gasteiger partial charge in [0.15, 0.2) is 0 Å². The minimum atomic E-state index is -0.243. The van der Waals surface area contributed by atoms with Crippen LogP contribution in [0, 0.1) is 0 Å². The number of rotatable bonds is 6. The maximum Gasteiger partial charge on any atom is 0.245 e. The number of thiophene rings is 1. The number of unbranched alkanes of at least 4 members (excludes halogenated alkanes) is 1. The van der Waals surface area contributed by atoms with Gasteiger partial charge < -0.3 is 14.5 Å². The van der Waals surface area contributed by atoms with Gasteiger partial charge in [-0.25, -0.2) is 0 Å². The molecule has 2 saturated heterocycles. The second kappa shape index (κ2) is 8.62. The molecule has 0 saturated carbocycles. The van der Waals surface area contributed by atoms with E-state index in [1.54, 1.807) is 11.3 Å². The second-order valence-corrected chi connectivity index (χ2v) is 7.50. The Hall–Kier alpha value is -1.40. The lowest BCUT2D eigenvalue weighted by molar-refractivity contribution is -0.146. The van der Waals surface area contributed by atoms with Crippen molar-refractivity contribution in [1.82, 2.24) is 9.80 Å². The molecule has 6 heteroatoms. The fourth-order valence-corrected chi connectivity index (χ4v) is 4.24. The van der Waals surface area contributed by atoms with E-state index in [1.165, 1.54) is 4.88 Å². The Morgan fingerprint density at radius 3 is 2.79 bits per heavy atom. The number of nitrogens with zero attached hydrogens (tertiary/aromatic N) is 2. The van der Waals surface area contributed by atoms with Crippen molar-refractivity contribution in [3.63, 3.8) is 0 Å². The predicted octanol–water partition coefficient (Wildman–Crippen LogP) is 2.31. The van der Waals surface area contributed by atoms with E-state index in [1.807, 2.05) is 9.80 Å². The van der Waals surface area contributed by atoms with E-state index in [0.29, 0.717) is 32.7 Å². The fraction of sp³-hybridized carbons (Fsp3) is 0.667. The number of carbonyl (C=O) groups is 2. The maximum atomic E-state index is 12.7. The first-order valence-corrected chi connectivity index (χ1v) is 9.82. The molecule has 0 N–H and O–H groups in total. The molecule has 2 aliphatic heterocycles. The van der Waals surface area contributed by atoms with Gasteiger partial charge in [-0.05, 0) is 43.6 Å². The van der Waals surface area contributed by atoms with Gasteiger partial charge >= 0.3 is 0 Å². The Morgan fingerprint density at radius 2 is 2.04 bits per heavy atom. The first-order valence-electron chi connectivity index (χ1n) is 8.94. The van der Waals surface area contributed by atoms with Crippen LogP contribution in [-0.4, -0.2) is 60.5 Å². The minimum absolute atomic E-state index is 0.114. The monoisotopic (exact) mass is 350 g/mol. The smallest absolute Gasteiger partial charge is 0.245 e. The molecule has 0 unspecified atom stereocenters. The summed E-state index contributed by atoms with van der Waals surface area (Å²) in [7, 11) is 0. The number of morpholine rings is 1. The van der Waals surface area contributed by atoms with Crippen LogP contribution in [0.2, 0.25) is 0 Å². The molecule has 1 aromatic heterocycles. The molecule has 5 nitrogen and oxygen atoms in total. The van der Waals surface area contributed by atoms with Gasteiger partial charge in [-0.3, -0.25) is 9.59 Å². The second-order valence-electron chi connectivity index (χ2n) is 6.47. The van der Waals surface area contributed by atoms with Gasteiger partial charge in [0.25, 0.3) is 0 Å². The minimum Gasteiger partial charge on any atom is -0.378 e. The van der Waals surface area contributed by atoms with Crippen molar-refractivity contribution in [1.29, 1.82) is 0 Å². The van der Waals surface area contributed by atoms with E-state index in [9.17, 15) is 9.59 Å². The van der Waals surface area contributed by atoms with Gasteiger partial charge in [0.1, 0.15) is 6.04 Å². The zero-order valence-electron chi connectivity index (χ0n) is 14.1. The topological polar surface area (TPSA) is 49.9 Å². The first kappa shape index (κ1) is 17.4. The van der Waals surface area contributed by atoms with Gasteiger partial charge in [-0.15, -0.1) is 11.3 Å². The predicted molar refractivity (Wildman–Crippen MR) is 94.0 cm³/mol. The Bertz CT molecular complexity index is 540. The van der Waals surface area contributed by atoms with Crippen molar-refractivity contribution >= 4 is 23.2 Å². The molecule has 0 bridgehead atoms. The molecule has 2 amide bonds.